The first-order valence-electron chi connectivity index (χ1n) is 7.26. The second-order valence-electron chi connectivity index (χ2n) is 4.85. The maximum absolute atomic E-state index is 11.8. The zero-order chi connectivity index (χ0) is 16.1. The Balaban J connectivity index is 1.64. The summed E-state index contributed by atoms with van der Waals surface area (Å²) in [5, 5.41) is 3.90. The summed E-state index contributed by atoms with van der Waals surface area (Å²) in [4.78, 5) is 19.9. The van der Waals surface area contributed by atoms with E-state index in [1.54, 1.807) is 18.2 Å². The number of hydrogen-bond donors (Lipinski definition) is 0. The lowest BCUT2D eigenvalue weighted by Crippen LogP contribution is -2.07. The van der Waals surface area contributed by atoms with Gasteiger partial charge in [-0.3, -0.25) is 0 Å². The zero-order valence-electron chi connectivity index (χ0n) is 12.6. The normalized spacial score (nSPS) is 10.5. The van der Waals surface area contributed by atoms with Crippen molar-refractivity contribution in [3.8, 4) is 11.4 Å². The fraction of sp³-hybridized carbons (Fsp3) is 0.176. The van der Waals surface area contributed by atoms with Crippen LogP contribution in [0.4, 0.5) is 0 Å². The predicted octanol–water partition coefficient (Wildman–Crippen LogP) is 3.05. The molecule has 23 heavy (non-hydrogen) atoms. The van der Waals surface area contributed by atoms with E-state index in [0.29, 0.717) is 5.82 Å². The summed E-state index contributed by atoms with van der Waals surface area (Å²) in [7, 11) is 0. The van der Waals surface area contributed by atoms with E-state index in [0.717, 1.165) is 12.0 Å². The van der Waals surface area contributed by atoms with Gasteiger partial charge in [0.1, 0.15) is 5.69 Å². The summed E-state index contributed by atoms with van der Waals surface area (Å²) in [6.07, 6.45) is 2.50. The number of aryl methyl sites for hydroxylation is 1. The first kappa shape index (κ1) is 14.9. The summed E-state index contributed by atoms with van der Waals surface area (Å²) in [6, 6.07) is 12.9. The molecule has 0 aliphatic heterocycles. The number of carbonyl (C=O) groups is 1. The molecule has 3 rings (SSSR count). The highest BCUT2D eigenvalue weighted by Gasteiger charge is 2.13. The van der Waals surface area contributed by atoms with Crippen LogP contribution in [0.25, 0.3) is 11.4 Å². The van der Waals surface area contributed by atoms with E-state index in [2.05, 4.69) is 22.0 Å². The van der Waals surface area contributed by atoms with Crippen LogP contribution in [0.15, 0.2) is 53.2 Å². The van der Waals surface area contributed by atoms with Crippen molar-refractivity contribution in [1.82, 2.24) is 15.1 Å². The van der Waals surface area contributed by atoms with Crippen LogP contribution in [-0.2, 0) is 17.8 Å². The number of pyridine rings is 1. The van der Waals surface area contributed by atoms with Crippen molar-refractivity contribution < 1.29 is 14.1 Å². The van der Waals surface area contributed by atoms with Crippen molar-refractivity contribution in [3.05, 3.63) is 65.8 Å². The summed E-state index contributed by atoms with van der Waals surface area (Å²) < 4.78 is 10.2. The van der Waals surface area contributed by atoms with Crippen LogP contribution in [-0.4, -0.2) is 21.1 Å². The van der Waals surface area contributed by atoms with Gasteiger partial charge >= 0.3 is 5.97 Å². The number of hydrogen-bond acceptors (Lipinski definition) is 6. The molecule has 0 radical (unpaired) electrons. The Kier molecular flexibility index (Phi) is 4.42. The van der Waals surface area contributed by atoms with Crippen molar-refractivity contribution >= 4 is 5.97 Å². The number of ether oxygens (including phenoxy) is 1. The molecule has 0 saturated heterocycles. The van der Waals surface area contributed by atoms with Crippen molar-refractivity contribution in [2.75, 3.05) is 0 Å². The lowest BCUT2D eigenvalue weighted by atomic mass is 10.1. The number of aromatic nitrogens is 3. The summed E-state index contributed by atoms with van der Waals surface area (Å²) >= 11 is 0. The minimum absolute atomic E-state index is 0.0878. The Labute approximate surface area is 133 Å². The third-order valence-electron chi connectivity index (χ3n) is 3.29. The van der Waals surface area contributed by atoms with Crippen LogP contribution in [0.3, 0.4) is 0 Å². The predicted molar refractivity (Wildman–Crippen MR) is 82.5 cm³/mol. The molecule has 0 atom stereocenters. The van der Waals surface area contributed by atoms with Crippen LogP contribution in [0, 0.1) is 0 Å². The molecule has 1 aromatic carbocycles. The largest absolute Gasteiger partial charge is 0.451 e. The van der Waals surface area contributed by atoms with Crippen LogP contribution in [0.1, 0.15) is 28.9 Å². The molecule has 0 saturated carbocycles. The first-order chi connectivity index (χ1) is 11.3. The van der Waals surface area contributed by atoms with E-state index >= 15 is 0 Å². The topological polar surface area (TPSA) is 78.1 Å². The third-order valence-corrected chi connectivity index (χ3v) is 3.29. The van der Waals surface area contributed by atoms with Crippen LogP contribution in [0.2, 0.25) is 0 Å². The molecule has 6 nitrogen and oxygen atoms in total. The molecule has 0 fully saturated rings. The van der Waals surface area contributed by atoms with Crippen LogP contribution in [0.5, 0.6) is 0 Å². The Bertz CT molecular complexity index is 782. The van der Waals surface area contributed by atoms with Gasteiger partial charge in [-0.15, -0.1) is 0 Å². The van der Waals surface area contributed by atoms with Crippen LogP contribution >= 0.6 is 0 Å². The molecule has 0 spiro atoms. The fourth-order valence-electron chi connectivity index (χ4n) is 2.00. The highest BCUT2D eigenvalue weighted by Crippen LogP contribution is 2.17. The van der Waals surface area contributed by atoms with E-state index in [1.807, 2.05) is 24.3 Å². The molecular weight excluding hydrogens is 294 g/mol. The Hall–Kier alpha value is -3.02. The lowest BCUT2D eigenvalue weighted by Gasteiger charge is -2.00. The summed E-state index contributed by atoms with van der Waals surface area (Å²) in [5.41, 5.74) is 2.33. The molecule has 0 aliphatic carbocycles. The maximum Gasteiger partial charge on any atom is 0.357 e. The Morgan fingerprint density at radius 2 is 2.00 bits per heavy atom. The molecule has 2 heterocycles. The fourth-order valence-corrected chi connectivity index (χ4v) is 2.00. The average molecular weight is 309 g/mol. The van der Waals surface area contributed by atoms with E-state index in [1.165, 1.54) is 11.8 Å². The van der Waals surface area contributed by atoms with Crippen molar-refractivity contribution in [3.63, 3.8) is 0 Å². The molecule has 0 N–H and O–H groups in total. The number of rotatable bonds is 5. The van der Waals surface area contributed by atoms with E-state index in [4.69, 9.17) is 9.26 Å². The van der Waals surface area contributed by atoms with Gasteiger partial charge in [-0.25, -0.2) is 9.78 Å². The van der Waals surface area contributed by atoms with Gasteiger partial charge < -0.3 is 9.26 Å². The van der Waals surface area contributed by atoms with Gasteiger partial charge in [0.2, 0.25) is 5.82 Å². The molecule has 0 bridgehead atoms. The maximum atomic E-state index is 11.8. The van der Waals surface area contributed by atoms with Gasteiger partial charge in [0.25, 0.3) is 5.89 Å². The minimum Gasteiger partial charge on any atom is -0.451 e. The van der Waals surface area contributed by atoms with Crippen molar-refractivity contribution in [1.29, 1.82) is 0 Å². The van der Waals surface area contributed by atoms with Gasteiger partial charge in [0, 0.05) is 11.8 Å². The van der Waals surface area contributed by atoms with Gasteiger partial charge in [-0.05, 0) is 24.1 Å². The highest BCUT2D eigenvalue weighted by atomic mass is 16.6. The van der Waals surface area contributed by atoms with Crippen molar-refractivity contribution in [2.24, 2.45) is 0 Å². The van der Waals surface area contributed by atoms with E-state index in [-0.39, 0.29) is 18.2 Å². The monoisotopic (exact) mass is 309 g/mol. The first-order valence-corrected chi connectivity index (χ1v) is 7.26. The number of nitrogens with zero attached hydrogens (tertiary/aromatic N) is 3. The van der Waals surface area contributed by atoms with Gasteiger partial charge in [-0.2, -0.15) is 4.98 Å². The second kappa shape index (κ2) is 6.83. The molecule has 2 aromatic heterocycles. The van der Waals surface area contributed by atoms with Gasteiger partial charge in [0.15, 0.2) is 6.61 Å². The Morgan fingerprint density at radius 3 is 2.70 bits per heavy atom. The van der Waals surface area contributed by atoms with E-state index < -0.39 is 5.97 Å². The molecule has 0 amide bonds. The van der Waals surface area contributed by atoms with Crippen molar-refractivity contribution in [2.45, 2.75) is 20.0 Å². The molecule has 0 aliphatic rings. The quantitative estimate of drug-likeness (QED) is 0.674. The second-order valence-corrected chi connectivity index (χ2v) is 4.85. The number of benzene rings is 1. The molecule has 6 heteroatoms. The zero-order valence-corrected chi connectivity index (χ0v) is 12.6. The molecule has 0 unspecified atom stereocenters. The Morgan fingerprint density at radius 1 is 1.17 bits per heavy atom. The molecule has 3 aromatic rings. The lowest BCUT2D eigenvalue weighted by molar-refractivity contribution is 0.0423. The standard InChI is InChI=1S/C17H15N3O3/c1-2-12-6-8-13(9-7-12)16-19-15(23-20-16)11-22-17(21)14-5-3-4-10-18-14/h3-10H,2,11H2,1H3. The van der Waals surface area contributed by atoms with E-state index in [9.17, 15) is 4.79 Å². The average Bonchev–Trinajstić information content (AvgIpc) is 3.09. The smallest absolute Gasteiger partial charge is 0.357 e. The number of carbonyl (C=O) groups excluding carboxylic acids is 1. The highest BCUT2D eigenvalue weighted by molar-refractivity contribution is 5.86. The minimum atomic E-state index is -0.530. The van der Waals surface area contributed by atoms with Crippen LogP contribution < -0.4 is 0 Å². The SMILES string of the molecule is CCc1ccc(-c2noc(COC(=O)c3ccccn3)n2)cc1. The summed E-state index contributed by atoms with van der Waals surface area (Å²) in [5.74, 6) is 0.179. The molecular formula is C17H15N3O3. The third kappa shape index (κ3) is 3.60. The number of esters is 1. The summed E-state index contributed by atoms with van der Waals surface area (Å²) in [6.45, 7) is 2.01. The van der Waals surface area contributed by atoms with Gasteiger partial charge in [-0.1, -0.05) is 42.4 Å². The molecule has 116 valence electrons. The van der Waals surface area contributed by atoms with Gasteiger partial charge in [0.05, 0.1) is 0 Å².